The van der Waals surface area contributed by atoms with Crippen molar-refractivity contribution in [3.8, 4) is 0 Å². The van der Waals surface area contributed by atoms with Crippen LogP contribution in [0.2, 0.25) is 0 Å². The molecule has 5 nitrogen and oxygen atoms in total. The van der Waals surface area contributed by atoms with Crippen LogP contribution in [-0.4, -0.2) is 36.4 Å². The molecule has 1 aliphatic rings. The number of aromatic amines is 1. The molecule has 0 unspecified atom stereocenters. The topological polar surface area (TPSA) is 60.6 Å². The highest BCUT2D eigenvalue weighted by molar-refractivity contribution is 6.62. The summed E-state index contributed by atoms with van der Waals surface area (Å²) < 4.78 is 31.1. The van der Waals surface area contributed by atoms with E-state index in [0.29, 0.717) is 17.4 Å². The van der Waals surface area contributed by atoms with Gasteiger partial charge in [-0.15, -0.1) is 0 Å². The van der Waals surface area contributed by atoms with Gasteiger partial charge in [0.25, 0.3) is 0 Å². The average Bonchev–Trinajstić information content (AvgIpc) is 3.01. The summed E-state index contributed by atoms with van der Waals surface area (Å²) in [5.41, 5.74) is 0.861. The minimum Gasteiger partial charge on any atom is -0.469 e. The summed E-state index contributed by atoms with van der Waals surface area (Å²) in [7, 11) is 0.614. The number of halogens is 1. The van der Waals surface area contributed by atoms with E-state index in [0.717, 1.165) is 11.1 Å². The Bertz CT molecular complexity index is 799. The fourth-order valence-corrected chi connectivity index (χ4v) is 2.86. The maximum absolute atomic E-state index is 14.6. The minimum absolute atomic E-state index is 0.274. The van der Waals surface area contributed by atoms with Gasteiger partial charge in [0, 0.05) is 16.7 Å². The van der Waals surface area contributed by atoms with Gasteiger partial charge in [-0.3, -0.25) is 4.79 Å². The highest BCUT2D eigenvalue weighted by Crippen LogP contribution is 2.36. The van der Waals surface area contributed by atoms with Crippen molar-refractivity contribution in [2.45, 2.75) is 51.7 Å². The van der Waals surface area contributed by atoms with Crippen molar-refractivity contribution in [1.29, 1.82) is 0 Å². The fourth-order valence-electron chi connectivity index (χ4n) is 2.86. The van der Waals surface area contributed by atoms with Gasteiger partial charge in [-0.1, -0.05) is 6.07 Å². The molecular weight excluding hydrogens is 324 g/mol. The molecule has 1 aromatic carbocycles. The molecule has 0 atom stereocenters. The Morgan fingerprint density at radius 2 is 1.84 bits per heavy atom. The third-order valence-corrected chi connectivity index (χ3v) is 5.13. The number of carbonyl (C=O) groups is 1. The SMILES string of the molecule is COC(=O)CCc1cc2cc(B3OC(C)(C)C(C)(C)O3)c(F)cc2[nH]1. The van der Waals surface area contributed by atoms with Gasteiger partial charge >= 0.3 is 13.1 Å². The number of H-pyrrole nitrogens is 1. The molecule has 2 heterocycles. The highest BCUT2D eigenvalue weighted by atomic mass is 19.1. The van der Waals surface area contributed by atoms with Crippen molar-refractivity contribution in [2.75, 3.05) is 7.11 Å². The summed E-state index contributed by atoms with van der Waals surface area (Å²) >= 11 is 0. The molecule has 0 aliphatic carbocycles. The van der Waals surface area contributed by atoms with Crippen LogP contribution in [0, 0.1) is 5.82 Å². The third kappa shape index (κ3) is 3.31. The van der Waals surface area contributed by atoms with Crippen LogP contribution in [0.1, 0.15) is 39.8 Å². The Balaban J connectivity index is 1.88. The second-order valence-electron chi connectivity index (χ2n) is 7.42. The van der Waals surface area contributed by atoms with Crippen LogP contribution >= 0.6 is 0 Å². The lowest BCUT2D eigenvalue weighted by molar-refractivity contribution is -0.140. The molecule has 25 heavy (non-hydrogen) atoms. The van der Waals surface area contributed by atoms with E-state index in [9.17, 15) is 9.18 Å². The molecule has 0 spiro atoms. The first-order valence-electron chi connectivity index (χ1n) is 8.36. The normalized spacial score (nSPS) is 18.7. The molecule has 1 N–H and O–H groups in total. The van der Waals surface area contributed by atoms with Gasteiger partial charge in [0.1, 0.15) is 5.82 Å². The van der Waals surface area contributed by atoms with Crippen LogP contribution in [0.4, 0.5) is 4.39 Å². The molecule has 1 aliphatic heterocycles. The first-order valence-corrected chi connectivity index (χ1v) is 8.36. The van der Waals surface area contributed by atoms with Crippen LogP contribution < -0.4 is 5.46 Å². The largest absolute Gasteiger partial charge is 0.497 e. The molecule has 0 radical (unpaired) electrons. The Kier molecular flexibility index (Phi) is 4.41. The average molecular weight is 347 g/mol. The molecule has 7 heteroatoms. The second kappa shape index (κ2) is 6.14. The lowest BCUT2D eigenvalue weighted by Gasteiger charge is -2.32. The van der Waals surface area contributed by atoms with Gasteiger partial charge < -0.3 is 19.0 Å². The van der Waals surface area contributed by atoms with Gasteiger partial charge in [-0.25, -0.2) is 4.39 Å². The molecule has 0 amide bonds. The van der Waals surface area contributed by atoms with E-state index in [2.05, 4.69) is 9.72 Å². The monoisotopic (exact) mass is 347 g/mol. The maximum Gasteiger partial charge on any atom is 0.497 e. The lowest BCUT2D eigenvalue weighted by Crippen LogP contribution is -2.41. The highest BCUT2D eigenvalue weighted by Gasteiger charge is 2.52. The number of esters is 1. The number of ether oxygens (including phenoxy) is 1. The molecular formula is C18H23BFNO4. The van der Waals surface area contributed by atoms with Crippen LogP contribution in [0.15, 0.2) is 18.2 Å². The van der Waals surface area contributed by atoms with Crippen molar-refractivity contribution in [2.24, 2.45) is 0 Å². The summed E-state index contributed by atoms with van der Waals surface area (Å²) in [5, 5.41) is 0.853. The predicted octanol–water partition coefficient (Wildman–Crippen LogP) is 2.71. The Hall–Kier alpha value is -1.86. The molecule has 1 saturated heterocycles. The number of rotatable bonds is 4. The smallest absolute Gasteiger partial charge is 0.469 e. The Morgan fingerprint density at radius 1 is 1.20 bits per heavy atom. The van der Waals surface area contributed by atoms with Crippen LogP contribution in [0.3, 0.4) is 0 Å². The van der Waals surface area contributed by atoms with E-state index >= 15 is 0 Å². The van der Waals surface area contributed by atoms with Crippen molar-refractivity contribution in [3.63, 3.8) is 0 Å². The Labute approximate surface area is 147 Å². The number of aryl methyl sites for hydroxylation is 1. The number of benzene rings is 1. The first kappa shape index (κ1) is 18.0. The fraction of sp³-hybridized carbons (Fsp3) is 0.500. The maximum atomic E-state index is 14.6. The zero-order chi connectivity index (χ0) is 18.4. The van der Waals surface area contributed by atoms with E-state index in [-0.39, 0.29) is 18.2 Å². The quantitative estimate of drug-likeness (QED) is 0.683. The van der Waals surface area contributed by atoms with Crippen molar-refractivity contribution in [3.05, 3.63) is 29.7 Å². The summed E-state index contributed by atoms with van der Waals surface area (Å²) in [6, 6.07) is 5.09. The summed E-state index contributed by atoms with van der Waals surface area (Å²) in [6.07, 6.45) is 0.782. The van der Waals surface area contributed by atoms with E-state index in [1.165, 1.54) is 13.2 Å². The predicted molar refractivity (Wildman–Crippen MR) is 94.3 cm³/mol. The van der Waals surface area contributed by atoms with Gasteiger partial charge in [-0.05, 0) is 51.6 Å². The van der Waals surface area contributed by atoms with Gasteiger partial charge in [0.2, 0.25) is 0 Å². The molecule has 1 fully saturated rings. The summed E-state index contributed by atoms with van der Waals surface area (Å²) in [5.74, 6) is -0.657. The number of nitrogens with one attached hydrogen (secondary N) is 1. The third-order valence-electron chi connectivity index (χ3n) is 5.13. The first-order chi connectivity index (χ1) is 11.6. The number of hydrogen-bond acceptors (Lipinski definition) is 4. The van der Waals surface area contributed by atoms with Crippen LogP contribution in [-0.2, 0) is 25.3 Å². The molecule has 1 aromatic heterocycles. The summed E-state index contributed by atoms with van der Waals surface area (Å²) in [4.78, 5) is 14.4. The molecule has 134 valence electrons. The zero-order valence-electron chi connectivity index (χ0n) is 15.2. The van der Waals surface area contributed by atoms with Crippen molar-refractivity contribution in [1.82, 2.24) is 4.98 Å². The number of carbonyl (C=O) groups excluding carboxylic acids is 1. The molecule has 3 rings (SSSR count). The summed E-state index contributed by atoms with van der Waals surface area (Å²) in [6.45, 7) is 7.74. The number of methoxy groups -OCH3 is 1. The Morgan fingerprint density at radius 3 is 2.44 bits per heavy atom. The number of aromatic nitrogens is 1. The number of fused-ring (bicyclic) bond motifs is 1. The lowest BCUT2D eigenvalue weighted by atomic mass is 9.78. The molecule has 0 bridgehead atoms. The molecule has 0 saturated carbocycles. The molecule has 2 aromatic rings. The van der Waals surface area contributed by atoms with E-state index in [1.54, 1.807) is 6.07 Å². The van der Waals surface area contributed by atoms with Gasteiger partial charge in [0.15, 0.2) is 0 Å². The second-order valence-corrected chi connectivity index (χ2v) is 7.42. The number of hydrogen-bond donors (Lipinski definition) is 1. The minimum atomic E-state index is -0.747. The van der Waals surface area contributed by atoms with Crippen LogP contribution in [0.25, 0.3) is 10.9 Å². The van der Waals surface area contributed by atoms with Gasteiger partial charge in [0.05, 0.1) is 24.7 Å². The standard InChI is InChI=1S/C18H23BFNO4/c1-17(2)18(3,4)25-19(24-17)13-9-11-8-12(6-7-16(22)23-5)21-15(11)10-14(13)20/h8-10,21H,6-7H2,1-5H3. The van der Waals surface area contributed by atoms with E-state index in [1.807, 2.05) is 33.8 Å². The van der Waals surface area contributed by atoms with Crippen LogP contribution in [0.5, 0.6) is 0 Å². The van der Waals surface area contributed by atoms with Gasteiger partial charge in [-0.2, -0.15) is 0 Å². The van der Waals surface area contributed by atoms with E-state index < -0.39 is 18.3 Å². The van der Waals surface area contributed by atoms with Crippen molar-refractivity contribution < 1.29 is 23.2 Å². The van der Waals surface area contributed by atoms with E-state index in [4.69, 9.17) is 9.31 Å². The zero-order valence-corrected chi connectivity index (χ0v) is 15.2. The van der Waals surface area contributed by atoms with Crippen molar-refractivity contribution >= 4 is 29.5 Å².